The number of aromatic nitrogens is 1. The molecular formula is C21H22FN3O2. The van der Waals surface area contributed by atoms with Crippen LogP contribution in [0.4, 0.5) is 10.1 Å². The molecule has 0 spiro atoms. The largest absolute Gasteiger partial charge is 0.350 e. The molecule has 27 heavy (non-hydrogen) atoms. The molecule has 2 aromatic rings. The van der Waals surface area contributed by atoms with Crippen molar-refractivity contribution in [1.29, 1.82) is 0 Å². The van der Waals surface area contributed by atoms with Crippen molar-refractivity contribution in [2.45, 2.75) is 32.1 Å². The maximum atomic E-state index is 12.9. The first-order valence-corrected chi connectivity index (χ1v) is 9.11. The maximum absolute atomic E-state index is 12.9. The molecule has 0 radical (unpaired) electrons. The third-order valence-electron chi connectivity index (χ3n) is 4.47. The van der Waals surface area contributed by atoms with Gasteiger partial charge in [-0.25, -0.2) is 4.39 Å². The summed E-state index contributed by atoms with van der Waals surface area (Å²) in [6.07, 6.45) is 9.21. The zero-order chi connectivity index (χ0) is 19.1. The molecule has 1 aliphatic carbocycles. The fourth-order valence-corrected chi connectivity index (χ4v) is 2.99. The van der Waals surface area contributed by atoms with Crippen molar-refractivity contribution in [2.75, 3.05) is 11.9 Å². The molecule has 2 N–H and O–H groups in total. The number of amides is 2. The second-order valence-electron chi connectivity index (χ2n) is 6.50. The lowest BCUT2D eigenvalue weighted by Crippen LogP contribution is -2.26. The number of anilines is 1. The molecule has 1 aromatic carbocycles. The summed E-state index contributed by atoms with van der Waals surface area (Å²) in [5.74, 6) is -1.06. The number of nitrogens with zero attached hydrogens (tertiary/aromatic N) is 1. The SMILES string of the molecule is O=C(Nc1ccc(F)cc1)c1ccnc(C(=O)NCCC2=CCCCC2)c1. The Kier molecular flexibility index (Phi) is 6.30. The summed E-state index contributed by atoms with van der Waals surface area (Å²) in [5.41, 5.74) is 2.38. The van der Waals surface area contributed by atoms with Crippen molar-refractivity contribution >= 4 is 17.5 Å². The molecule has 0 aliphatic heterocycles. The van der Waals surface area contributed by atoms with Crippen LogP contribution in [0.15, 0.2) is 54.2 Å². The quantitative estimate of drug-likeness (QED) is 0.756. The Labute approximate surface area is 157 Å². The van der Waals surface area contributed by atoms with Gasteiger partial charge in [0, 0.05) is 24.0 Å². The van der Waals surface area contributed by atoms with Gasteiger partial charge < -0.3 is 10.6 Å². The van der Waals surface area contributed by atoms with E-state index in [2.05, 4.69) is 21.7 Å². The first-order chi connectivity index (χ1) is 13.1. The van der Waals surface area contributed by atoms with Gasteiger partial charge in [-0.15, -0.1) is 0 Å². The van der Waals surface area contributed by atoms with Crippen LogP contribution in [-0.2, 0) is 0 Å². The second-order valence-corrected chi connectivity index (χ2v) is 6.50. The van der Waals surface area contributed by atoms with Gasteiger partial charge in [0.15, 0.2) is 0 Å². The highest BCUT2D eigenvalue weighted by Gasteiger charge is 2.12. The highest BCUT2D eigenvalue weighted by Crippen LogP contribution is 2.19. The van der Waals surface area contributed by atoms with Crippen molar-refractivity contribution in [3.05, 3.63) is 71.3 Å². The first-order valence-electron chi connectivity index (χ1n) is 9.11. The van der Waals surface area contributed by atoms with Gasteiger partial charge in [0.2, 0.25) is 0 Å². The van der Waals surface area contributed by atoms with E-state index in [0.29, 0.717) is 17.8 Å². The van der Waals surface area contributed by atoms with E-state index >= 15 is 0 Å². The molecule has 1 heterocycles. The summed E-state index contributed by atoms with van der Waals surface area (Å²) in [4.78, 5) is 28.7. The van der Waals surface area contributed by atoms with Crippen LogP contribution in [0.5, 0.6) is 0 Å². The topological polar surface area (TPSA) is 71.1 Å². The number of carbonyl (C=O) groups is 2. The Hall–Kier alpha value is -3.02. The molecule has 1 aliphatic rings. The van der Waals surface area contributed by atoms with Gasteiger partial charge in [-0.1, -0.05) is 11.6 Å². The number of carbonyl (C=O) groups excluding carboxylic acids is 2. The number of rotatable bonds is 6. The third-order valence-corrected chi connectivity index (χ3v) is 4.47. The van der Waals surface area contributed by atoms with Crippen molar-refractivity contribution in [2.24, 2.45) is 0 Å². The van der Waals surface area contributed by atoms with E-state index < -0.39 is 0 Å². The first kappa shape index (κ1) is 18.8. The van der Waals surface area contributed by atoms with Gasteiger partial charge in [0.25, 0.3) is 11.8 Å². The molecule has 2 amide bonds. The zero-order valence-electron chi connectivity index (χ0n) is 15.0. The van der Waals surface area contributed by atoms with Crippen LogP contribution in [0, 0.1) is 5.82 Å². The van der Waals surface area contributed by atoms with E-state index in [4.69, 9.17) is 0 Å². The average molecular weight is 367 g/mol. The number of benzene rings is 1. The fraction of sp³-hybridized carbons (Fsp3) is 0.286. The number of nitrogens with one attached hydrogen (secondary N) is 2. The maximum Gasteiger partial charge on any atom is 0.269 e. The van der Waals surface area contributed by atoms with Crippen LogP contribution in [0.2, 0.25) is 0 Å². The molecular weight excluding hydrogens is 345 g/mol. The number of hydrogen-bond acceptors (Lipinski definition) is 3. The molecule has 6 heteroatoms. The third kappa shape index (κ3) is 5.48. The molecule has 0 fully saturated rings. The smallest absolute Gasteiger partial charge is 0.269 e. The van der Waals surface area contributed by atoms with Crippen LogP contribution in [-0.4, -0.2) is 23.3 Å². The number of pyridine rings is 1. The van der Waals surface area contributed by atoms with Gasteiger partial charge in [-0.05, 0) is 68.5 Å². The molecule has 0 bridgehead atoms. The minimum absolute atomic E-state index is 0.194. The van der Waals surface area contributed by atoms with E-state index in [0.717, 1.165) is 19.3 Å². The lowest BCUT2D eigenvalue weighted by molar-refractivity contribution is 0.0949. The number of hydrogen-bond donors (Lipinski definition) is 2. The van der Waals surface area contributed by atoms with Crippen LogP contribution >= 0.6 is 0 Å². The van der Waals surface area contributed by atoms with Gasteiger partial charge in [0.1, 0.15) is 11.5 Å². The van der Waals surface area contributed by atoms with Crippen LogP contribution < -0.4 is 10.6 Å². The monoisotopic (exact) mass is 367 g/mol. The normalized spacial score (nSPS) is 13.6. The van der Waals surface area contributed by atoms with E-state index in [-0.39, 0.29) is 23.3 Å². The predicted octanol–water partition coefficient (Wildman–Crippen LogP) is 4.09. The standard InChI is InChI=1S/C21H22FN3O2/c22-17-6-8-18(9-7-17)25-20(26)16-11-13-23-19(14-16)21(27)24-12-10-15-4-2-1-3-5-15/h4,6-9,11,13-14H,1-3,5,10,12H2,(H,24,27)(H,25,26). The van der Waals surface area contributed by atoms with Gasteiger partial charge in [-0.3, -0.25) is 14.6 Å². The highest BCUT2D eigenvalue weighted by atomic mass is 19.1. The van der Waals surface area contributed by atoms with E-state index in [1.54, 1.807) is 0 Å². The summed E-state index contributed by atoms with van der Waals surface area (Å²) < 4.78 is 12.9. The van der Waals surface area contributed by atoms with Gasteiger partial charge in [-0.2, -0.15) is 0 Å². The molecule has 0 atom stereocenters. The van der Waals surface area contributed by atoms with E-state index in [1.165, 1.54) is 61.0 Å². The van der Waals surface area contributed by atoms with Gasteiger partial charge >= 0.3 is 0 Å². The summed E-state index contributed by atoms with van der Waals surface area (Å²) in [6, 6.07) is 8.46. The van der Waals surface area contributed by atoms with Crippen molar-refractivity contribution in [1.82, 2.24) is 10.3 Å². The average Bonchev–Trinajstić information content (AvgIpc) is 2.70. The molecule has 0 unspecified atom stereocenters. The molecule has 0 saturated heterocycles. The summed E-state index contributed by atoms with van der Waals surface area (Å²) in [7, 11) is 0. The number of allylic oxidation sites excluding steroid dienone is 1. The Bertz CT molecular complexity index is 847. The summed E-state index contributed by atoms with van der Waals surface area (Å²) in [5, 5.41) is 5.52. The van der Waals surface area contributed by atoms with E-state index in [1.807, 2.05) is 0 Å². The lowest BCUT2D eigenvalue weighted by atomic mass is 9.97. The van der Waals surface area contributed by atoms with E-state index in [9.17, 15) is 14.0 Å². The van der Waals surface area contributed by atoms with Crippen LogP contribution in [0.25, 0.3) is 0 Å². The van der Waals surface area contributed by atoms with Crippen LogP contribution in [0.3, 0.4) is 0 Å². The fourth-order valence-electron chi connectivity index (χ4n) is 2.99. The zero-order valence-corrected chi connectivity index (χ0v) is 15.0. The summed E-state index contributed by atoms with van der Waals surface area (Å²) >= 11 is 0. The molecule has 0 saturated carbocycles. The minimum atomic E-state index is -0.384. The van der Waals surface area contributed by atoms with Crippen molar-refractivity contribution in [3.8, 4) is 0 Å². The van der Waals surface area contributed by atoms with Gasteiger partial charge in [0.05, 0.1) is 0 Å². The molecule has 5 nitrogen and oxygen atoms in total. The molecule has 140 valence electrons. The Morgan fingerprint density at radius 3 is 2.63 bits per heavy atom. The molecule has 3 rings (SSSR count). The van der Waals surface area contributed by atoms with Crippen molar-refractivity contribution in [3.63, 3.8) is 0 Å². The number of halogens is 1. The molecule has 1 aromatic heterocycles. The Morgan fingerprint density at radius 1 is 1.07 bits per heavy atom. The minimum Gasteiger partial charge on any atom is -0.350 e. The highest BCUT2D eigenvalue weighted by molar-refractivity contribution is 6.05. The second kappa shape index (κ2) is 9.07. The summed E-state index contributed by atoms with van der Waals surface area (Å²) in [6.45, 7) is 0.554. The predicted molar refractivity (Wildman–Crippen MR) is 102 cm³/mol. The van der Waals surface area contributed by atoms with Crippen molar-refractivity contribution < 1.29 is 14.0 Å². The van der Waals surface area contributed by atoms with Crippen LogP contribution in [0.1, 0.15) is 53.0 Å². The Morgan fingerprint density at radius 2 is 1.89 bits per heavy atom. The Balaban J connectivity index is 1.57. The lowest BCUT2D eigenvalue weighted by Gasteiger charge is -2.13.